The van der Waals surface area contributed by atoms with Crippen LogP contribution in [0.4, 0.5) is 0 Å². The molecule has 0 saturated carbocycles. The topological polar surface area (TPSA) is 24.1 Å². The van der Waals surface area contributed by atoms with E-state index in [1.807, 2.05) is 12.1 Å². The van der Waals surface area contributed by atoms with Crippen molar-refractivity contribution in [2.75, 3.05) is 26.2 Å². The Morgan fingerprint density at radius 2 is 2.06 bits per heavy atom. The maximum absolute atomic E-state index is 5.86. The van der Waals surface area contributed by atoms with E-state index in [0.29, 0.717) is 0 Å². The van der Waals surface area contributed by atoms with Gasteiger partial charge in [0, 0.05) is 5.02 Å². The summed E-state index contributed by atoms with van der Waals surface area (Å²) in [6.07, 6.45) is 5.12. The van der Waals surface area contributed by atoms with Crippen molar-refractivity contribution in [3.05, 3.63) is 34.9 Å². The molecule has 1 aliphatic rings. The smallest absolute Gasteiger partial charge is 0.0406 e. The van der Waals surface area contributed by atoms with Crippen molar-refractivity contribution in [3.63, 3.8) is 0 Å². The number of halogens is 1. The highest BCUT2D eigenvalue weighted by atomic mass is 35.5. The molecule has 0 radical (unpaired) electrons. The largest absolute Gasteiger partial charge is 0.316 e. The molecule has 2 rings (SSSR count). The lowest BCUT2D eigenvalue weighted by Gasteiger charge is -2.22. The third kappa shape index (κ3) is 4.97. The standard InChI is InChI=1S/C15H23ClN2/c16-15-5-3-13(4-6-15)7-10-17-11-8-14-2-1-9-18-12-14/h3-6,14,17-18H,1-2,7-12H2. The second-order valence-corrected chi connectivity index (χ2v) is 5.56. The summed E-state index contributed by atoms with van der Waals surface area (Å²) in [4.78, 5) is 0. The first-order chi connectivity index (χ1) is 8.84. The second-order valence-electron chi connectivity index (χ2n) is 5.13. The molecule has 2 N–H and O–H groups in total. The van der Waals surface area contributed by atoms with Gasteiger partial charge in [-0.3, -0.25) is 0 Å². The van der Waals surface area contributed by atoms with E-state index in [1.54, 1.807) is 0 Å². The fourth-order valence-corrected chi connectivity index (χ4v) is 2.61. The molecule has 1 heterocycles. The number of benzene rings is 1. The van der Waals surface area contributed by atoms with Crippen LogP contribution in [0.1, 0.15) is 24.8 Å². The van der Waals surface area contributed by atoms with Crippen LogP contribution in [0.3, 0.4) is 0 Å². The fraction of sp³-hybridized carbons (Fsp3) is 0.600. The monoisotopic (exact) mass is 266 g/mol. The van der Waals surface area contributed by atoms with Gasteiger partial charge >= 0.3 is 0 Å². The summed E-state index contributed by atoms with van der Waals surface area (Å²) in [6.45, 7) is 4.61. The number of hydrogen-bond acceptors (Lipinski definition) is 2. The Labute approximate surface area is 115 Å². The van der Waals surface area contributed by atoms with Gasteiger partial charge in [0.15, 0.2) is 0 Å². The summed E-state index contributed by atoms with van der Waals surface area (Å²) in [6, 6.07) is 8.14. The van der Waals surface area contributed by atoms with Gasteiger partial charge in [-0.25, -0.2) is 0 Å². The minimum absolute atomic E-state index is 0.816. The van der Waals surface area contributed by atoms with Gasteiger partial charge in [-0.15, -0.1) is 0 Å². The molecule has 1 fully saturated rings. The average molecular weight is 267 g/mol. The predicted molar refractivity (Wildman–Crippen MR) is 78.2 cm³/mol. The molecule has 1 atom stereocenters. The van der Waals surface area contributed by atoms with Crippen LogP contribution in [-0.2, 0) is 6.42 Å². The molecule has 18 heavy (non-hydrogen) atoms. The van der Waals surface area contributed by atoms with E-state index in [0.717, 1.165) is 30.5 Å². The Morgan fingerprint density at radius 1 is 1.22 bits per heavy atom. The molecule has 0 amide bonds. The van der Waals surface area contributed by atoms with Crippen LogP contribution in [0.15, 0.2) is 24.3 Å². The summed E-state index contributed by atoms with van der Waals surface area (Å²) < 4.78 is 0. The number of hydrogen-bond donors (Lipinski definition) is 2. The number of nitrogens with one attached hydrogen (secondary N) is 2. The van der Waals surface area contributed by atoms with Crippen molar-refractivity contribution in [3.8, 4) is 0 Å². The summed E-state index contributed by atoms with van der Waals surface area (Å²) in [5, 5.41) is 7.82. The van der Waals surface area contributed by atoms with Crippen molar-refractivity contribution >= 4 is 11.6 Å². The normalized spacial score (nSPS) is 19.9. The van der Waals surface area contributed by atoms with Crippen molar-refractivity contribution in [1.29, 1.82) is 0 Å². The molecule has 1 aromatic rings. The van der Waals surface area contributed by atoms with Gasteiger partial charge in [-0.2, -0.15) is 0 Å². The van der Waals surface area contributed by atoms with Crippen LogP contribution in [0.2, 0.25) is 5.02 Å². The highest BCUT2D eigenvalue weighted by molar-refractivity contribution is 6.30. The quantitative estimate of drug-likeness (QED) is 0.774. The van der Waals surface area contributed by atoms with Crippen LogP contribution >= 0.6 is 11.6 Å². The first-order valence-corrected chi connectivity index (χ1v) is 7.38. The summed E-state index contributed by atoms with van der Waals surface area (Å²) in [7, 11) is 0. The zero-order valence-corrected chi connectivity index (χ0v) is 11.7. The van der Waals surface area contributed by atoms with Crippen LogP contribution in [-0.4, -0.2) is 26.2 Å². The molecule has 0 aromatic heterocycles. The van der Waals surface area contributed by atoms with Crippen LogP contribution in [0, 0.1) is 5.92 Å². The lowest BCUT2D eigenvalue weighted by molar-refractivity contribution is 0.352. The maximum Gasteiger partial charge on any atom is 0.0406 e. The molecule has 100 valence electrons. The minimum atomic E-state index is 0.816. The van der Waals surface area contributed by atoms with Crippen LogP contribution in [0.25, 0.3) is 0 Å². The molecule has 3 heteroatoms. The lowest BCUT2D eigenvalue weighted by Crippen LogP contribution is -2.32. The fourth-order valence-electron chi connectivity index (χ4n) is 2.49. The second kappa shape index (κ2) is 7.78. The highest BCUT2D eigenvalue weighted by Crippen LogP contribution is 2.13. The van der Waals surface area contributed by atoms with E-state index >= 15 is 0 Å². The van der Waals surface area contributed by atoms with Crippen molar-refractivity contribution in [2.24, 2.45) is 5.92 Å². The summed E-state index contributed by atoms with van der Waals surface area (Å²) in [5.74, 6) is 0.877. The Kier molecular flexibility index (Phi) is 5.98. The molecule has 1 saturated heterocycles. The average Bonchev–Trinajstić information content (AvgIpc) is 2.42. The molecule has 0 bridgehead atoms. The van der Waals surface area contributed by atoms with E-state index in [4.69, 9.17) is 11.6 Å². The Morgan fingerprint density at radius 3 is 2.78 bits per heavy atom. The number of piperidine rings is 1. The molecular weight excluding hydrogens is 244 g/mol. The van der Waals surface area contributed by atoms with E-state index in [1.165, 1.54) is 37.9 Å². The SMILES string of the molecule is Clc1ccc(CCNCCC2CCCNC2)cc1. The predicted octanol–water partition coefficient (Wildman–Crippen LogP) is 2.86. The Bertz CT molecular complexity index is 331. The highest BCUT2D eigenvalue weighted by Gasteiger charge is 2.11. The summed E-state index contributed by atoms with van der Waals surface area (Å²) >= 11 is 5.86. The zero-order valence-electron chi connectivity index (χ0n) is 10.9. The van der Waals surface area contributed by atoms with E-state index < -0.39 is 0 Å². The zero-order chi connectivity index (χ0) is 12.6. The third-order valence-electron chi connectivity index (χ3n) is 3.63. The molecule has 0 aliphatic carbocycles. The van der Waals surface area contributed by atoms with Crippen molar-refractivity contribution in [1.82, 2.24) is 10.6 Å². The minimum Gasteiger partial charge on any atom is -0.316 e. The molecular formula is C15H23ClN2. The van der Waals surface area contributed by atoms with Gasteiger partial charge in [-0.1, -0.05) is 23.7 Å². The van der Waals surface area contributed by atoms with Crippen LogP contribution < -0.4 is 10.6 Å². The molecule has 1 unspecified atom stereocenters. The molecule has 0 spiro atoms. The van der Waals surface area contributed by atoms with Gasteiger partial charge in [0.25, 0.3) is 0 Å². The maximum atomic E-state index is 5.86. The Balaban J connectivity index is 1.54. The van der Waals surface area contributed by atoms with E-state index in [-0.39, 0.29) is 0 Å². The first-order valence-electron chi connectivity index (χ1n) is 7.00. The Hall–Kier alpha value is -0.570. The van der Waals surface area contributed by atoms with Crippen LogP contribution in [0.5, 0.6) is 0 Å². The van der Waals surface area contributed by atoms with Gasteiger partial charge < -0.3 is 10.6 Å². The molecule has 1 aromatic carbocycles. The van der Waals surface area contributed by atoms with Gasteiger partial charge in [-0.05, 0) is 75.5 Å². The van der Waals surface area contributed by atoms with Gasteiger partial charge in [0.2, 0.25) is 0 Å². The lowest BCUT2D eigenvalue weighted by atomic mass is 9.96. The first kappa shape index (κ1) is 13.9. The van der Waals surface area contributed by atoms with Crippen molar-refractivity contribution < 1.29 is 0 Å². The van der Waals surface area contributed by atoms with Crippen molar-refractivity contribution in [2.45, 2.75) is 25.7 Å². The van der Waals surface area contributed by atoms with E-state index in [2.05, 4.69) is 22.8 Å². The summed E-state index contributed by atoms with van der Waals surface area (Å²) in [5.41, 5.74) is 1.35. The molecule has 1 aliphatic heterocycles. The van der Waals surface area contributed by atoms with E-state index in [9.17, 15) is 0 Å². The molecule has 2 nitrogen and oxygen atoms in total. The van der Waals surface area contributed by atoms with Gasteiger partial charge in [0.1, 0.15) is 0 Å². The number of rotatable bonds is 6. The van der Waals surface area contributed by atoms with Gasteiger partial charge in [0.05, 0.1) is 0 Å². The third-order valence-corrected chi connectivity index (χ3v) is 3.88.